The first kappa shape index (κ1) is 21.1. The second kappa shape index (κ2) is 8.41. The third-order valence-corrected chi connectivity index (χ3v) is 5.91. The van der Waals surface area contributed by atoms with E-state index in [0.717, 1.165) is 24.0 Å². The summed E-state index contributed by atoms with van der Waals surface area (Å²) >= 11 is 0. The van der Waals surface area contributed by atoms with E-state index in [1.807, 2.05) is 50.2 Å². The third kappa shape index (κ3) is 4.53. The van der Waals surface area contributed by atoms with Crippen LogP contribution in [-0.4, -0.2) is 0 Å². The first-order valence-electron chi connectivity index (χ1n) is 10.3. The van der Waals surface area contributed by atoms with Crippen LogP contribution < -0.4 is 4.74 Å². The molecular formula is C27H31FO. The van der Waals surface area contributed by atoms with E-state index in [1.54, 1.807) is 12.1 Å². The van der Waals surface area contributed by atoms with Crippen molar-refractivity contribution in [3.05, 3.63) is 88.5 Å². The zero-order chi connectivity index (χ0) is 21.2. The molecular weight excluding hydrogens is 359 g/mol. The molecule has 2 aromatic rings. The third-order valence-electron chi connectivity index (χ3n) is 5.91. The minimum atomic E-state index is -0.278. The van der Waals surface area contributed by atoms with Gasteiger partial charge in [-0.05, 0) is 86.4 Å². The van der Waals surface area contributed by atoms with Crippen LogP contribution in [0.2, 0.25) is 0 Å². The summed E-state index contributed by atoms with van der Waals surface area (Å²) in [6.07, 6.45) is 3.33. The molecule has 0 bridgehead atoms. The van der Waals surface area contributed by atoms with E-state index in [0.29, 0.717) is 22.6 Å². The van der Waals surface area contributed by atoms with Gasteiger partial charge in [-0.25, -0.2) is 4.39 Å². The summed E-state index contributed by atoms with van der Waals surface area (Å²) in [6.45, 7) is 14.8. The van der Waals surface area contributed by atoms with Crippen molar-refractivity contribution < 1.29 is 9.13 Å². The van der Waals surface area contributed by atoms with Crippen molar-refractivity contribution in [3.63, 3.8) is 0 Å². The average Bonchev–Trinajstić information content (AvgIpc) is 2.68. The van der Waals surface area contributed by atoms with Gasteiger partial charge in [-0.3, -0.25) is 0 Å². The minimum absolute atomic E-state index is 0.0128. The fourth-order valence-electron chi connectivity index (χ4n) is 4.28. The molecule has 29 heavy (non-hydrogen) atoms. The molecule has 2 heteroatoms. The lowest BCUT2D eigenvalue weighted by Gasteiger charge is -2.36. The van der Waals surface area contributed by atoms with Gasteiger partial charge in [-0.1, -0.05) is 55.8 Å². The molecule has 0 heterocycles. The highest BCUT2D eigenvalue weighted by Crippen LogP contribution is 2.46. The van der Waals surface area contributed by atoms with Gasteiger partial charge in [0.2, 0.25) is 0 Å². The molecule has 2 aromatic carbocycles. The van der Waals surface area contributed by atoms with Crippen molar-refractivity contribution in [1.29, 1.82) is 0 Å². The second-order valence-electron chi connectivity index (χ2n) is 8.72. The molecule has 0 atom stereocenters. The number of benzene rings is 2. The van der Waals surface area contributed by atoms with Gasteiger partial charge in [0.1, 0.15) is 17.3 Å². The molecule has 0 N–H and O–H groups in total. The van der Waals surface area contributed by atoms with Crippen molar-refractivity contribution in [3.8, 4) is 11.5 Å². The molecule has 0 fully saturated rings. The van der Waals surface area contributed by atoms with E-state index in [-0.39, 0.29) is 11.2 Å². The standard InChI is InChI=1S/C27H31FO/c1-18-13-15-22(16-14-18)29-24-12-8-7-11-23(24)26(28)21(4)20(3)25-19(2)10-9-17-27(25,5)6/h7-8,11-16H,3,9-10,17H2,1-2,4-6H3/b26-21-. The lowest BCUT2D eigenvalue weighted by molar-refractivity contribution is 0.373. The van der Waals surface area contributed by atoms with Crippen LogP contribution in [0, 0.1) is 12.3 Å². The maximum absolute atomic E-state index is 15.7. The Balaban J connectivity index is 1.99. The normalized spacial score (nSPS) is 17.0. The van der Waals surface area contributed by atoms with Gasteiger partial charge in [-0.15, -0.1) is 0 Å². The van der Waals surface area contributed by atoms with Crippen LogP contribution in [0.15, 0.2) is 77.4 Å². The Morgan fingerprint density at radius 2 is 1.69 bits per heavy atom. The van der Waals surface area contributed by atoms with Crippen LogP contribution in [0.4, 0.5) is 4.39 Å². The van der Waals surface area contributed by atoms with E-state index in [2.05, 4.69) is 27.4 Å². The Kier molecular flexibility index (Phi) is 6.12. The summed E-state index contributed by atoms with van der Waals surface area (Å²) in [7, 11) is 0. The molecule has 0 amide bonds. The van der Waals surface area contributed by atoms with Crippen molar-refractivity contribution in [2.24, 2.45) is 5.41 Å². The van der Waals surface area contributed by atoms with Gasteiger partial charge < -0.3 is 4.74 Å². The first-order chi connectivity index (χ1) is 13.7. The highest BCUT2D eigenvalue weighted by molar-refractivity contribution is 5.73. The summed E-state index contributed by atoms with van der Waals surface area (Å²) in [6, 6.07) is 15.0. The van der Waals surface area contributed by atoms with Gasteiger partial charge in [0, 0.05) is 0 Å². The first-order valence-corrected chi connectivity index (χ1v) is 10.3. The zero-order valence-corrected chi connectivity index (χ0v) is 18.2. The molecule has 0 spiro atoms. The van der Waals surface area contributed by atoms with Gasteiger partial charge >= 0.3 is 0 Å². The topological polar surface area (TPSA) is 9.23 Å². The lowest BCUT2D eigenvalue weighted by atomic mass is 9.69. The van der Waals surface area contributed by atoms with Crippen molar-refractivity contribution in [2.45, 2.75) is 53.9 Å². The summed E-state index contributed by atoms with van der Waals surface area (Å²) in [5.41, 5.74) is 5.53. The van der Waals surface area contributed by atoms with Crippen LogP contribution in [-0.2, 0) is 0 Å². The molecule has 0 radical (unpaired) electrons. The SMILES string of the molecule is C=C(C1=C(C)CCCC1(C)C)/C(C)=C(\F)c1ccccc1Oc1ccc(C)cc1. The minimum Gasteiger partial charge on any atom is -0.457 e. The summed E-state index contributed by atoms with van der Waals surface area (Å²) in [5.74, 6) is 0.924. The monoisotopic (exact) mass is 390 g/mol. The fraction of sp³-hybridized carbons (Fsp3) is 0.333. The van der Waals surface area contributed by atoms with Crippen LogP contribution in [0.1, 0.15) is 58.1 Å². The van der Waals surface area contributed by atoms with Gasteiger partial charge in [0.05, 0.1) is 5.56 Å². The Morgan fingerprint density at radius 3 is 2.34 bits per heavy atom. The predicted octanol–water partition coefficient (Wildman–Crippen LogP) is 8.57. The Hall–Kier alpha value is -2.61. The lowest BCUT2D eigenvalue weighted by Crippen LogP contribution is -2.22. The van der Waals surface area contributed by atoms with Crippen LogP contribution in [0.3, 0.4) is 0 Å². The second-order valence-corrected chi connectivity index (χ2v) is 8.72. The van der Waals surface area contributed by atoms with E-state index in [4.69, 9.17) is 4.74 Å². The molecule has 1 nitrogen and oxygen atoms in total. The number of rotatable bonds is 5. The van der Waals surface area contributed by atoms with Crippen molar-refractivity contribution >= 4 is 5.83 Å². The number of allylic oxidation sites excluding steroid dienone is 4. The summed E-state index contributed by atoms with van der Waals surface area (Å²) < 4.78 is 21.7. The number of halogens is 1. The van der Waals surface area contributed by atoms with Crippen molar-refractivity contribution in [1.82, 2.24) is 0 Å². The maximum atomic E-state index is 15.7. The van der Waals surface area contributed by atoms with E-state index in [1.165, 1.54) is 17.6 Å². The molecule has 0 saturated heterocycles. The largest absolute Gasteiger partial charge is 0.457 e. The van der Waals surface area contributed by atoms with Gasteiger partial charge in [0.25, 0.3) is 0 Å². The van der Waals surface area contributed by atoms with E-state index >= 15 is 4.39 Å². The number of hydrogen-bond acceptors (Lipinski definition) is 1. The molecule has 0 saturated carbocycles. The molecule has 0 aliphatic heterocycles. The molecule has 3 rings (SSSR count). The maximum Gasteiger partial charge on any atom is 0.137 e. The molecule has 0 aromatic heterocycles. The zero-order valence-electron chi connectivity index (χ0n) is 18.2. The number of aryl methyl sites for hydroxylation is 1. The van der Waals surface area contributed by atoms with Crippen LogP contribution in [0.5, 0.6) is 11.5 Å². The van der Waals surface area contributed by atoms with Crippen LogP contribution in [0.25, 0.3) is 5.83 Å². The van der Waals surface area contributed by atoms with Crippen molar-refractivity contribution in [2.75, 3.05) is 0 Å². The molecule has 1 aliphatic carbocycles. The average molecular weight is 391 g/mol. The van der Waals surface area contributed by atoms with Gasteiger partial charge in [-0.2, -0.15) is 0 Å². The molecule has 0 unspecified atom stereocenters. The summed E-state index contributed by atoms with van der Waals surface area (Å²) in [5, 5.41) is 0. The Bertz CT molecular complexity index is 974. The highest BCUT2D eigenvalue weighted by Gasteiger charge is 2.31. The predicted molar refractivity (Wildman–Crippen MR) is 121 cm³/mol. The smallest absolute Gasteiger partial charge is 0.137 e. The molecule has 1 aliphatic rings. The number of ether oxygens (including phenoxy) is 1. The van der Waals surface area contributed by atoms with E-state index < -0.39 is 0 Å². The number of hydrogen-bond donors (Lipinski definition) is 0. The Labute approximate surface area is 174 Å². The Morgan fingerprint density at radius 1 is 1.03 bits per heavy atom. The quantitative estimate of drug-likeness (QED) is 0.465. The number of para-hydroxylation sites is 1. The summed E-state index contributed by atoms with van der Waals surface area (Å²) in [4.78, 5) is 0. The van der Waals surface area contributed by atoms with Gasteiger partial charge in [0.15, 0.2) is 0 Å². The molecule has 152 valence electrons. The highest BCUT2D eigenvalue weighted by atomic mass is 19.1. The fourth-order valence-corrected chi connectivity index (χ4v) is 4.28. The van der Waals surface area contributed by atoms with Crippen LogP contribution >= 0.6 is 0 Å². The van der Waals surface area contributed by atoms with E-state index in [9.17, 15) is 0 Å².